The molecule has 1 amide bonds. The Morgan fingerprint density at radius 2 is 1.68 bits per heavy atom. The lowest BCUT2D eigenvalue weighted by atomic mass is 9.91. The average molecular weight is 396 g/mol. The molecule has 1 aromatic rings. The van der Waals surface area contributed by atoms with Gasteiger partial charge in [0, 0.05) is 18.2 Å². The fourth-order valence-electron chi connectivity index (χ4n) is 3.25. The molecule has 0 spiro atoms. The van der Waals surface area contributed by atoms with Gasteiger partial charge in [0.05, 0.1) is 6.10 Å². The molecule has 0 aliphatic rings. The number of aromatic hydroxyl groups is 1. The first kappa shape index (κ1) is 23.9. The summed E-state index contributed by atoms with van der Waals surface area (Å²) in [5.74, 6) is -1.40. The molecule has 0 saturated heterocycles. The molecule has 4 atom stereocenters. The molecule has 8 heteroatoms. The first-order valence-electron chi connectivity index (χ1n) is 9.41. The maximum absolute atomic E-state index is 12.3. The largest absolute Gasteiger partial charge is 0.507 e. The smallest absolute Gasteiger partial charge is 0.332 e. The van der Waals surface area contributed by atoms with Gasteiger partial charge in [-0.15, -0.1) is 0 Å². The number of aliphatic hydroxyl groups is 2. The minimum atomic E-state index is -1.40. The van der Waals surface area contributed by atoms with Crippen molar-refractivity contribution in [2.75, 3.05) is 13.6 Å². The molecule has 0 aliphatic heterocycles. The fraction of sp³-hybridized carbons (Fsp3) is 0.600. The molecule has 6 N–H and O–H groups in total. The van der Waals surface area contributed by atoms with Crippen LogP contribution in [0.1, 0.15) is 47.7 Å². The summed E-state index contributed by atoms with van der Waals surface area (Å²) in [6, 6.07) is 3.12. The number of benzene rings is 1. The topological polar surface area (TPSA) is 139 Å². The second-order valence-electron chi connectivity index (χ2n) is 7.36. The number of rotatable bonds is 11. The number of aliphatic carboxylic acids is 1. The Labute approximate surface area is 165 Å². The summed E-state index contributed by atoms with van der Waals surface area (Å²) < 4.78 is 0. The van der Waals surface area contributed by atoms with Crippen LogP contribution in [-0.4, -0.2) is 64.1 Å². The number of amides is 1. The molecular weight excluding hydrogens is 364 g/mol. The predicted molar refractivity (Wildman–Crippen MR) is 105 cm³/mol. The van der Waals surface area contributed by atoms with E-state index >= 15 is 0 Å². The van der Waals surface area contributed by atoms with Crippen LogP contribution in [0, 0.1) is 19.8 Å². The van der Waals surface area contributed by atoms with E-state index in [1.807, 2.05) is 6.92 Å². The van der Waals surface area contributed by atoms with Crippen molar-refractivity contribution in [3.05, 3.63) is 28.8 Å². The van der Waals surface area contributed by atoms with Gasteiger partial charge >= 0.3 is 5.97 Å². The molecule has 0 fully saturated rings. The van der Waals surface area contributed by atoms with Crippen molar-refractivity contribution < 1.29 is 30.0 Å². The van der Waals surface area contributed by atoms with Crippen molar-refractivity contribution in [2.24, 2.45) is 5.92 Å². The molecular formula is C20H32N2O6. The minimum absolute atomic E-state index is 0.0102. The summed E-state index contributed by atoms with van der Waals surface area (Å²) in [7, 11) is 1.75. The van der Waals surface area contributed by atoms with Crippen molar-refractivity contribution in [1.82, 2.24) is 10.6 Å². The molecule has 158 valence electrons. The highest BCUT2D eigenvalue weighted by Crippen LogP contribution is 2.23. The number of carboxylic acid groups (broad SMARTS) is 1. The average Bonchev–Trinajstić information content (AvgIpc) is 2.63. The Morgan fingerprint density at radius 1 is 1.11 bits per heavy atom. The zero-order valence-corrected chi connectivity index (χ0v) is 16.9. The molecule has 1 aromatic carbocycles. The monoisotopic (exact) mass is 396 g/mol. The number of nitrogens with one attached hydrogen (secondary N) is 2. The quantitative estimate of drug-likeness (QED) is 0.327. The van der Waals surface area contributed by atoms with E-state index in [0.29, 0.717) is 29.5 Å². The number of hydrogen-bond donors (Lipinski definition) is 6. The molecule has 0 aromatic heterocycles. The Bertz CT molecular complexity index is 656. The number of carboxylic acids is 1. The second-order valence-corrected chi connectivity index (χ2v) is 7.36. The maximum Gasteiger partial charge on any atom is 0.332 e. The summed E-state index contributed by atoms with van der Waals surface area (Å²) in [6.07, 6.45) is -1.18. The molecule has 4 unspecified atom stereocenters. The van der Waals surface area contributed by atoms with E-state index in [2.05, 4.69) is 10.6 Å². The van der Waals surface area contributed by atoms with Gasteiger partial charge in [-0.25, -0.2) is 4.79 Å². The zero-order valence-electron chi connectivity index (χ0n) is 16.9. The van der Waals surface area contributed by atoms with E-state index in [0.717, 1.165) is 0 Å². The van der Waals surface area contributed by atoms with Gasteiger partial charge in [0.15, 0.2) is 6.10 Å². The lowest BCUT2D eigenvalue weighted by Crippen LogP contribution is -2.38. The molecule has 0 radical (unpaired) electrons. The van der Waals surface area contributed by atoms with E-state index < -0.39 is 18.2 Å². The van der Waals surface area contributed by atoms with Crippen LogP contribution in [0.2, 0.25) is 0 Å². The van der Waals surface area contributed by atoms with Crippen LogP contribution in [0.5, 0.6) is 5.75 Å². The Hall–Kier alpha value is -2.16. The van der Waals surface area contributed by atoms with Crippen molar-refractivity contribution in [2.45, 2.75) is 58.3 Å². The SMILES string of the molecule is CNC(CCC(O)C(=O)O)C(C)CC(O)CNC(=O)c1cc(C)c(O)c(C)c1. The van der Waals surface area contributed by atoms with Gasteiger partial charge in [-0.2, -0.15) is 0 Å². The standard InChI is InChI=1S/C20H32N2O6/c1-11(16(21-4)5-6-17(24)20(27)28)9-15(23)10-22-19(26)14-7-12(2)18(25)13(3)8-14/h7-8,11,15-17,21,23-25H,5-6,9-10H2,1-4H3,(H,22,26)(H,27,28). The van der Waals surface area contributed by atoms with E-state index in [-0.39, 0.29) is 36.6 Å². The summed E-state index contributed by atoms with van der Waals surface area (Å²) in [5.41, 5.74) is 1.64. The van der Waals surface area contributed by atoms with E-state index in [4.69, 9.17) is 5.11 Å². The number of phenols is 1. The normalized spacial score (nSPS) is 15.5. The zero-order chi connectivity index (χ0) is 21.4. The lowest BCUT2D eigenvalue weighted by molar-refractivity contribution is -0.147. The van der Waals surface area contributed by atoms with Crippen LogP contribution in [0.25, 0.3) is 0 Å². The maximum atomic E-state index is 12.3. The molecule has 28 heavy (non-hydrogen) atoms. The highest BCUT2D eigenvalue weighted by atomic mass is 16.4. The first-order valence-corrected chi connectivity index (χ1v) is 9.41. The molecule has 0 saturated carbocycles. The number of hydrogen-bond acceptors (Lipinski definition) is 6. The summed E-state index contributed by atoms with van der Waals surface area (Å²) >= 11 is 0. The molecule has 0 bridgehead atoms. The molecule has 0 heterocycles. The Morgan fingerprint density at radius 3 is 2.18 bits per heavy atom. The first-order chi connectivity index (χ1) is 13.1. The van der Waals surface area contributed by atoms with Crippen LogP contribution in [0.3, 0.4) is 0 Å². The second kappa shape index (κ2) is 11.0. The van der Waals surface area contributed by atoms with Crippen molar-refractivity contribution in [3.63, 3.8) is 0 Å². The number of carbonyl (C=O) groups excluding carboxylic acids is 1. The van der Waals surface area contributed by atoms with Crippen LogP contribution >= 0.6 is 0 Å². The highest BCUT2D eigenvalue weighted by molar-refractivity contribution is 5.94. The van der Waals surface area contributed by atoms with E-state index in [9.17, 15) is 24.9 Å². The Kier molecular flexibility index (Phi) is 9.37. The van der Waals surface area contributed by atoms with Crippen molar-refractivity contribution in [3.8, 4) is 5.75 Å². The van der Waals surface area contributed by atoms with Crippen LogP contribution < -0.4 is 10.6 Å². The van der Waals surface area contributed by atoms with Gasteiger partial charge in [0.25, 0.3) is 5.91 Å². The summed E-state index contributed by atoms with van der Waals surface area (Å²) in [4.78, 5) is 23.0. The number of aryl methyl sites for hydroxylation is 2. The number of carbonyl (C=O) groups is 2. The lowest BCUT2D eigenvalue weighted by Gasteiger charge is -2.26. The van der Waals surface area contributed by atoms with E-state index in [1.165, 1.54) is 0 Å². The number of aliphatic hydroxyl groups excluding tert-OH is 2. The molecule has 0 aliphatic carbocycles. The molecule has 8 nitrogen and oxygen atoms in total. The van der Waals surface area contributed by atoms with Gasteiger partial charge in [-0.1, -0.05) is 6.92 Å². The highest BCUT2D eigenvalue weighted by Gasteiger charge is 2.22. The van der Waals surface area contributed by atoms with Gasteiger partial charge in [-0.05, 0) is 69.3 Å². The summed E-state index contributed by atoms with van der Waals surface area (Å²) in [5, 5.41) is 44.0. The van der Waals surface area contributed by atoms with Gasteiger partial charge < -0.3 is 31.1 Å². The van der Waals surface area contributed by atoms with Crippen molar-refractivity contribution in [1.29, 1.82) is 0 Å². The Balaban J connectivity index is 2.52. The van der Waals surface area contributed by atoms with Gasteiger partial charge in [-0.3, -0.25) is 4.79 Å². The van der Waals surface area contributed by atoms with E-state index in [1.54, 1.807) is 33.0 Å². The fourth-order valence-corrected chi connectivity index (χ4v) is 3.25. The third-order valence-electron chi connectivity index (χ3n) is 4.99. The van der Waals surface area contributed by atoms with Gasteiger partial charge in [0.2, 0.25) is 0 Å². The predicted octanol–water partition coefficient (Wildman–Crippen LogP) is 0.940. The van der Waals surface area contributed by atoms with Crippen molar-refractivity contribution >= 4 is 11.9 Å². The van der Waals surface area contributed by atoms with Crippen LogP contribution in [0.4, 0.5) is 0 Å². The number of phenolic OH excluding ortho intramolecular Hbond substituents is 1. The van der Waals surface area contributed by atoms with Crippen LogP contribution in [-0.2, 0) is 4.79 Å². The minimum Gasteiger partial charge on any atom is -0.507 e. The third kappa shape index (κ3) is 7.10. The third-order valence-corrected chi connectivity index (χ3v) is 4.99. The summed E-state index contributed by atoms with van der Waals surface area (Å²) in [6.45, 7) is 5.44. The molecule has 1 rings (SSSR count). The van der Waals surface area contributed by atoms with Crippen LogP contribution in [0.15, 0.2) is 12.1 Å². The van der Waals surface area contributed by atoms with Gasteiger partial charge in [0.1, 0.15) is 5.75 Å².